The van der Waals surface area contributed by atoms with Gasteiger partial charge in [0, 0.05) is 65.0 Å². The van der Waals surface area contributed by atoms with Crippen LogP contribution < -0.4 is 9.62 Å². The van der Waals surface area contributed by atoms with Crippen molar-refractivity contribution in [3.05, 3.63) is 96.2 Å². The second-order valence-corrected chi connectivity index (χ2v) is 11.8. The van der Waals surface area contributed by atoms with E-state index in [0.29, 0.717) is 33.3 Å². The van der Waals surface area contributed by atoms with Gasteiger partial charge in [0.15, 0.2) is 0 Å². The Kier molecular flexibility index (Phi) is 6.53. The van der Waals surface area contributed by atoms with Crippen LogP contribution in [0.25, 0.3) is 55.7 Å². The van der Waals surface area contributed by atoms with E-state index in [1.807, 2.05) is 6.07 Å². The second-order valence-electron chi connectivity index (χ2n) is 9.83. The summed E-state index contributed by atoms with van der Waals surface area (Å²) in [6.45, 7) is 0. The van der Waals surface area contributed by atoms with Crippen molar-refractivity contribution >= 4 is 43.5 Å². The molecule has 0 spiro atoms. The molecule has 0 aliphatic rings. The van der Waals surface area contributed by atoms with Crippen molar-refractivity contribution in [2.45, 2.75) is 0 Å². The Bertz CT molecular complexity index is 2120. The minimum Gasteiger partial charge on any atom is -0.455 e. The minimum absolute atomic E-state index is 0.210. The van der Waals surface area contributed by atoms with Crippen LogP contribution in [0.2, 0.25) is 0 Å². The number of H-pyrrole nitrogens is 1. The van der Waals surface area contributed by atoms with Crippen LogP contribution in [0.4, 0.5) is 14.5 Å². The largest absolute Gasteiger partial charge is 0.455 e. The molecule has 1 amide bonds. The summed E-state index contributed by atoms with van der Waals surface area (Å²) < 4.78 is 60.1. The molecule has 2 N–H and O–H groups in total. The molecular weight excluding hydrogens is 562 g/mol. The number of carbonyl (C=O) groups excluding carboxylic acids is 1. The van der Waals surface area contributed by atoms with E-state index >= 15 is 0 Å². The van der Waals surface area contributed by atoms with Crippen LogP contribution in [0.15, 0.2) is 83.4 Å². The number of nitrogens with zero attached hydrogens (tertiary/aromatic N) is 2. The normalized spacial score (nSPS) is 11.7. The molecule has 6 rings (SSSR count). The number of aromatic amines is 1. The van der Waals surface area contributed by atoms with Gasteiger partial charge in [-0.05, 0) is 66.7 Å². The SMILES string of the molecule is CNC(=O)c1c(-c2ccc(F)cc2)oc2cc(N(C)S(C)(=O)=O)c(-c3cc(-c4cc5cc(F)ccc5[nH]4)ccn3)cc12. The average Bonchev–Trinajstić information content (AvgIpc) is 3.56. The zero-order valence-electron chi connectivity index (χ0n) is 22.7. The van der Waals surface area contributed by atoms with Gasteiger partial charge in [0.2, 0.25) is 10.0 Å². The molecular formula is C31H24F2N4O4S. The summed E-state index contributed by atoms with van der Waals surface area (Å²) in [5, 5.41) is 3.74. The number of furan rings is 1. The molecule has 3 aromatic carbocycles. The summed E-state index contributed by atoms with van der Waals surface area (Å²) in [5.74, 6) is -1.02. The standard InChI is InChI=1S/C31H24F2N4O4S/c1-34-31(38)29-23-15-22(26-13-18(10-11-35-26)25-14-19-12-21(33)8-9-24(19)36-25)27(37(2)42(3,39)40)16-28(23)41-30(29)17-4-6-20(32)7-5-17/h4-16,36H,1-3H3,(H,34,38). The Morgan fingerprint density at radius 1 is 0.952 bits per heavy atom. The quantitative estimate of drug-likeness (QED) is 0.237. The average molecular weight is 587 g/mol. The Morgan fingerprint density at radius 2 is 1.69 bits per heavy atom. The van der Waals surface area contributed by atoms with E-state index in [0.717, 1.165) is 21.6 Å². The van der Waals surface area contributed by atoms with Crippen LogP contribution in [0.1, 0.15) is 10.4 Å². The van der Waals surface area contributed by atoms with Gasteiger partial charge in [0.25, 0.3) is 5.91 Å². The number of rotatable bonds is 6. The molecule has 0 radical (unpaired) electrons. The van der Waals surface area contributed by atoms with E-state index in [1.165, 1.54) is 50.5 Å². The maximum atomic E-state index is 13.8. The number of nitrogens with one attached hydrogen (secondary N) is 2. The van der Waals surface area contributed by atoms with Gasteiger partial charge in [-0.15, -0.1) is 0 Å². The fourth-order valence-electron chi connectivity index (χ4n) is 4.94. The van der Waals surface area contributed by atoms with Gasteiger partial charge in [-0.3, -0.25) is 14.1 Å². The molecule has 0 saturated heterocycles. The predicted molar refractivity (Wildman–Crippen MR) is 159 cm³/mol. The number of hydrogen-bond acceptors (Lipinski definition) is 5. The van der Waals surface area contributed by atoms with Crippen LogP contribution in [-0.4, -0.2) is 44.6 Å². The molecule has 0 unspecified atom stereocenters. The van der Waals surface area contributed by atoms with Crippen molar-refractivity contribution in [1.82, 2.24) is 15.3 Å². The molecule has 0 fully saturated rings. The Morgan fingerprint density at radius 3 is 2.40 bits per heavy atom. The molecule has 8 nitrogen and oxygen atoms in total. The van der Waals surface area contributed by atoms with E-state index < -0.39 is 21.7 Å². The van der Waals surface area contributed by atoms with E-state index in [-0.39, 0.29) is 28.4 Å². The van der Waals surface area contributed by atoms with Gasteiger partial charge in [0.05, 0.1) is 23.2 Å². The first-order valence-electron chi connectivity index (χ1n) is 12.8. The number of sulfonamides is 1. The van der Waals surface area contributed by atoms with Gasteiger partial charge >= 0.3 is 0 Å². The third kappa shape index (κ3) is 4.77. The second kappa shape index (κ2) is 10.1. The third-order valence-corrected chi connectivity index (χ3v) is 8.32. The zero-order chi connectivity index (χ0) is 29.8. The molecule has 42 heavy (non-hydrogen) atoms. The predicted octanol–water partition coefficient (Wildman–Crippen LogP) is 6.34. The Balaban J connectivity index is 1.60. The van der Waals surface area contributed by atoms with E-state index in [2.05, 4.69) is 15.3 Å². The molecule has 3 aromatic heterocycles. The van der Waals surface area contributed by atoms with Gasteiger partial charge in [0.1, 0.15) is 23.0 Å². The lowest BCUT2D eigenvalue weighted by Crippen LogP contribution is -2.25. The molecule has 0 saturated carbocycles. The molecule has 6 aromatic rings. The highest BCUT2D eigenvalue weighted by atomic mass is 32.2. The summed E-state index contributed by atoms with van der Waals surface area (Å²) >= 11 is 0. The number of amides is 1. The topological polar surface area (TPSA) is 108 Å². The molecule has 0 aliphatic carbocycles. The van der Waals surface area contributed by atoms with E-state index in [4.69, 9.17) is 4.42 Å². The van der Waals surface area contributed by atoms with Crippen LogP contribution in [-0.2, 0) is 10.0 Å². The lowest BCUT2D eigenvalue weighted by molar-refractivity contribution is 0.0964. The van der Waals surface area contributed by atoms with E-state index in [1.54, 1.807) is 36.5 Å². The van der Waals surface area contributed by atoms with Crippen LogP contribution in [0.3, 0.4) is 0 Å². The van der Waals surface area contributed by atoms with Gasteiger partial charge in [-0.25, -0.2) is 17.2 Å². The Labute approximate surface area is 239 Å². The fraction of sp³-hybridized carbons (Fsp3) is 0.0968. The first-order valence-corrected chi connectivity index (χ1v) is 14.7. The van der Waals surface area contributed by atoms with Crippen molar-refractivity contribution < 1.29 is 26.4 Å². The summed E-state index contributed by atoms with van der Waals surface area (Å²) in [7, 11) is -0.817. The van der Waals surface area contributed by atoms with Crippen LogP contribution in [0.5, 0.6) is 0 Å². The number of hydrogen-bond donors (Lipinski definition) is 2. The molecule has 3 heterocycles. The summed E-state index contributed by atoms with van der Waals surface area (Å²) in [6, 6.07) is 18.6. The minimum atomic E-state index is -3.72. The zero-order valence-corrected chi connectivity index (χ0v) is 23.5. The molecule has 0 aliphatic heterocycles. The number of anilines is 1. The summed E-state index contributed by atoms with van der Waals surface area (Å²) in [6.07, 6.45) is 2.67. The molecule has 212 valence electrons. The van der Waals surface area contributed by atoms with Gasteiger partial charge in [-0.2, -0.15) is 0 Å². The van der Waals surface area contributed by atoms with Gasteiger partial charge < -0.3 is 14.7 Å². The maximum Gasteiger partial charge on any atom is 0.255 e. The van der Waals surface area contributed by atoms with Crippen molar-refractivity contribution in [3.63, 3.8) is 0 Å². The lowest BCUT2D eigenvalue weighted by atomic mass is 10.00. The van der Waals surface area contributed by atoms with Crippen LogP contribution in [0, 0.1) is 11.6 Å². The first-order chi connectivity index (χ1) is 20.0. The van der Waals surface area contributed by atoms with Crippen molar-refractivity contribution in [3.8, 4) is 33.8 Å². The number of aromatic nitrogens is 2. The van der Waals surface area contributed by atoms with E-state index in [9.17, 15) is 22.0 Å². The number of pyridine rings is 1. The fourth-order valence-corrected chi connectivity index (χ4v) is 5.44. The van der Waals surface area contributed by atoms with Crippen molar-refractivity contribution in [2.24, 2.45) is 0 Å². The monoisotopic (exact) mass is 586 g/mol. The van der Waals surface area contributed by atoms with Crippen molar-refractivity contribution in [2.75, 3.05) is 24.7 Å². The Hall–Kier alpha value is -5.03. The highest BCUT2D eigenvalue weighted by Gasteiger charge is 2.26. The smallest absolute Gasteiger partial charge is 0.255 e. The number of fused-ring (bicyclic) bond motifs is 2. The lowest BCUT2D eigenvalue weighted by Gasteiger charge is -2.20. The third-order valence-electron chi connectivity index (χ3n) is 7.13. The molecule has 0 atom stereocenters. The number of benzene rings is 3. The summed E-state index contributed by atoms with van der Waals surface area (Å²) in [5.41, 5.74) is 4.27. The highest BCUT2D eigenvalue weighted by Crippen LogP contribution is 2.41. The number of halogens is 2. The van der Waals surface area contributed by atoms with Crippen LogP contribution >= 0.6 is 0 Å². The highest BCUT2D eigenvalue weighted by molar-refractivity contribution is 7.92. The summed E-state index contributed by atoms with van der Waals surface area (Å²) in [4.78, 5) is 20.9. The maximum absolute atomic E-state index is 13.8. The van der Waals surface area contributed by atoms with Crippen molar-refractivity contribution in [1.29, 1.82) is 0 Å². The number of carbonyl (C=O) groups is 1. The molecule has 11 heteroatoms. The van der Waals surface area contributed by atoms with Gasteiger partial charge in [-0.1, -0.05) is 0 Å². The first kappa shape index (κ1) is 27.2. The molecule has 0 bridgehead atoms.